The molecular formula is C31H30FN5O3. The van der Waals surface area contributed by atoms with Crippen molar-refractivity contribution in [3.63, 3.8) is 0 Å². The molecule has 2 N–H and O–H groups in total. The predicted molar refractivity (Wildman–Crippen MR) is 152 cm³/mol. The van der Waals surface area contributed by atoms with Gasteiger partial charge in [0.15, 0.2) is 0 Å². The number of amides is 2. The normalized spacial score (nSPS) is 13.0. The van der Waals surface area contributed by atoms with E-state index in [1.54, 1.807) is 49.5 Å². The Morgan fingerprint density at radius 3 is 2.42 bits per heavy atom. The first kappa shape index (κ1) is 26.8. The van der Waals surface area contributed by atoms with Gasteiger partial charge in [-0.25, -0.2) is 4.39 Å². The molecule has 5 rings (SSSR count). The summed E-state index contributed by atoms with van der Waals surface area (Å²) in [5, 5.41) is 5.60. The molecule has 40 heavy (non-hydrogen) atoms. The summed E-state index contributed by atoms with van der Waals surface area (Å²) in [7, 11) is 0. The first-order valence-corrected chi connectivity index (χ1v) is 13.2. The molecule has 204 valence electrons. The first-order chi connectivity index (χ1) is 19.4. The number of hydrogen-bond donors (Lipinski definition) is 2. The lowest BCUT2D eigenvalue weighted by Gasteiger charge is -2.29. The average Bonchev–Trinajstić information content (AvgIpc) is 2.98. The zero-order valence-electron chi connectivity index (χ0n) is 22.2. The number of carbonyl (C=O) groups excluding carboxylic acids is 2. The fourth-order valence-electron chi connectivity index (χ4n) is 4.55. The Bertz CT molecular complexity index is 1490. The van der Waals surface area contributed by atoms with Crippen molar-refractivity contribution in [1.29, 1.82) is 0 Å². The van der Waals surface area contributed by atoms with Crippen LogP contribution in [-0.4, -0.2) is 34.9 Å². The van der Waals surface area contributed by atoms with Gasteiger partial charge in [-0.1, -0.05) is 6.07 Å². The van der Waals surface area contributed by atoms with E-state index < -0.39 is 11.7 Å². The third kappa shape index (κ3) is 6.79. The molecule has 0 saturated carbocycles. The minimum absolute atomic E-state index is 0.206. The number of piperidine rings is 1. The zero-order valence-corrected chi connectivity index (χ0v) is 22.2. The fraction of sp³-hybridized carbons (Fsp3) is 0.226. The van der Waals surface area contributed by atoms with Gasteiger partial charge < -0.3 is 20.3 Å². The Labute approximate surface area is 232 Å². The molecule has 0 spiro atoms. The van der Waals surface area contributed by atoms with Gasteiger partial charge in [-0.2, -0.15) is 0 Å². The van der Waals surface area contributed by atoms with E-state index in [1.165, 1.54) is 18.3 Å². The van der Waals surface area contributed by atoms with Crippen LogP contribution in [0.25, 0.3) is 0 Å². The van der Waals surface area contributed by atoms with Crippen LogP contribution in [-0.2, 0) is 6.61 Å². The smallest absolute Gasteiger partial charge is 0.257 e. The number of benzene rings is 2. The molecule has 1 saturated heterocycles. The number of aromatic nitrogens is 2. The molecule has 2 aromatic heterocycles. The molecule has 8 nitrogen and oxygen atoms in total. The third-order valence-electron chi connectivity index (χ3n) is 6.68. The molecule has 2 amide bonds. The van der Waals surface area contributed by atoms with Crippen molar-refractivity contribution < 1.29 is 18.7 Å². The van der Waals surface area contributed by atoms with Crippen molar-refractivity contribution in [3.05, 3.63) is 107 Å². The van der Waals surface area contributed by atoms with Gasteiger partial charge in [0.05, 0.1) is 28.8 Å². The summed E-state index contributed by atoms with van der Waals surface area (Å²) in [6.07, 6.45) is 6.43. The first-order valence-electron chi connectivity index (χ1n) is 13.2. The average molecular weight is 540 g/mol. The second-order valence-electron chi connectivity index (χ2n) is 9.65. The van der Waals surface area contributed by atoms with E-state index in [9.17, 15) is 14.0 Å². The van der Waals surface area contributed by atoms with Gasteiger partial charge in [0.1, 0.15) is 18.2 Å². The topological polar surface area (TPSA) is 96.5 Å². The van der Waals surface area contributed by atoms with Gasteiger partial charge in [0.2, 0.25) is 0 Å². The third-order valence-corrected chi connectivity index (χ3v) is 6.68. The van der Waals surface area contributed by atoms with Gasteiger partial charge in [-0.15, -0.1) is 0 Å². The van der Waals surface area contributed by atoms with Crippen LogP contribution in [0, 0.1) is 12.7 Å². The number of rotatable bonds is 8. The quantitative estimate of drug-likeness (QED) is 0.285. The minimum Gasteiger partial charge on any atom is -0.487 e. The maximum Gasteiger partial charge on any atom is 0.257 e. The van der Waals surface area contributed by atoms with E-state index in [4.69, 9.17) is 4.74 Å². The molecule has 2 aromatic carbocycles. The van der Waals surface area contributed by atoms with E-state index in [0.29, 0.717) is 40.7 Å². The molecule has 1 aliphatic heterocycles. The lowest BCUT2D eigenvalue weighted by Crippen LogP contribution is -2.29. The highest BCUT2D eigenvalue weighted by atomic mass is 19.1. The molecule has 3 heterocycles. The Balaban J connectivity index is 1.23. The number of carbonyl (C=O) groups is 2. The lowest BCUT2D eigenvalue weighted by molar-refractivity contribution is 0.101. The molecule has 1 fully saturated rings. The van der Waals surface area contributed by atoms with Crippen LogP contribution in [0.4, 0.5) is 21.5 Å². The van der Waals surface area contributed by atoms with Gasteiger partial charge >= 0.3 is 0 Å². The second-order valence-corrected chi connectivity index (χ2v) is 9.65. The largest absolute Gasteiger partial charge is 0.487 e. The summed E-state index contributed by atoms with van der Waals surface area (Å²) in [5.74, 6) is -0.673. The standard InChI is InChI=1S/C31H30FN5O3/c1-21-29(31(39)35-24-8-10-28(11-9-24)40-20-25-7-3-4-12-33-25)18-26(19-34-21)36-30(38)22-15-23(32)17-27(16-22)37-13-5-2-6-14-37/h3-4,7-12,15-19H,2,5-6,13-14,20H2,1H3,(H,35,39)(H,36,38). The Morgan fingerprint density at radius 1 is 0.900 bits per heavy atom. The van der Waals surface area contributed by atoms with E-state index in [2.05, 4.69) is 25.5 Å². The van der Waals surface area contributed by atoms with Crippen molar-refractivity contribution in [1.82, 2.24) is 9.97 Å². The number of aryl methyl sites for hydroxylation is 1. The number of halogens is 1. The molecule has 0 radical (unpaired) electrons. The van der Waals surface area contributed by atoms with E-state index in [-0.39, 0.29) is 11.5 Å². The number of anilines is 3. The molecule has 0 bridgehead atoms. The molecule has 0 atom stereocenters. The van der Waals surface area contributed by atoms with E-state index >= 15 is 0 Å². The maximum absolute atomic E-state index is 14.4. The second kappa shape index (κ2) is 12.4. The summed E-state index contributed by atoms with van der Waals surface area (Å²) in [5.41, 5.74) is 3.44. The number of nitrogens with one attached hydrogen (secondary N) is 2. The van der Waals surface area contributed by atoms with Crippen molar-refractivity contribution in [2.75, 3.05) is 28.6 Å². The molecule has 0 unspecified atom stereocenters. The molecular weight excluding hydrogens is 509 g/mol. The van der Waals surface area contributed by atoms with Crippen molar-refractivity contribution >= 4 is 28.9 Å². The summed E-state index contributed by atoms with van der Waals surface area (Å²) in [6, 6.07) is 18.6. The van der Waals surface area contributed by atoms with Gasteiger partial charge in [-0.3, -0.25) is 19.6 Å². The monoisotopic (exact) mass is 539 g/mol. The predicted octanol–water partition coefficient (Wildman–Crippen LogP) is 6.00. The number of pyridine rings is 2. The van der Waals surface area contributed by atoms with Gasteiger partial charge in [0.25, 0.3) is 11.8 Å². The van der Waals surface area contributed by atoms with E-state index in [1.807, 2.05) is 18.2 Å². The van der Waals surface area contributed by atoms with Crippen LogP contribution in [0.3, 0.4) is 0 Å². The minimum atomic E-state index is -0.476. The van der Waals surface area contributed by atoms with Crippen molar-refractivity contribution in [2.24, 2.45) is 0 Å². The molecule has 1 aliphatic rings. The van der Waals surface area contributed by atoms with Gasteiger partial charge in [-0.05, 0) is 86.8 Å². The highest BCUT2D eigenvalue weighted by Crippen LogP contribution is 2.24. The van der Waals surface area contributed by atoms with Crippen molar-refractivity contribution in [3.8, 4) is 5.75 Å². The maximum atomic E-state index is 14.4. The highest BCUT2D eigenvalue weighted by Gasteiger charge is 2.17. The number of nitrogens with zero attached hydrogens (tertiary/aromatic N) is 3. The van der Waals surface area contributed by atoms with Crippen LogP contribution >= 0.6 is 0 Å². The number of hydrogen-bond acceptors (Lipinski definition) is 6. The van der Waals surface area contributed by atoms with Gasteiger partial charge in [0, 0.05) is 36.2 Å². The van der Waals surface area contributed by atoms with Crippen LogP contribution in [0.5, 0.6) is 5.75 Å². The summed E-state index contributed by atoms with van der Waals surface area (Å²) in [4.78, 5) is 36.6. The SMILES string of the molecule is Cc1ncc(NC(=O)c2cc(F)cc(N3CCCCC3)c2)cc1C(=O)Nc1ccc(OCc2ccccn2)cc1. The number of ether oxygens (including phenoxy) is 1. The van der Waals surface area contributed by atoms with Crippen LogP contribution in [0.1, 0.15) is 51.4 Å². The fourth-order valence-corrected chi connectivity index (χ4v) is 4.55. The summed E-state index contributed by atoms with van der Waals surface area (Å²) < 4.78 is 20.1. The molecule has 9 heteroatoms. The Morgan fingerprint density at radius 2 is 1.68 bits per heavy atom. The van der Waals surface area contributed by atoms with Crippen LogP contribution < -0.4 is 20.3 Å². The zero-order chi connectivity index (χ0) is 27.9. The summed E-state index contributed by atoms with van der Waals surface area (Å²) in [6.45, 7) is 3.73. The lowest BCUT2D eigenvalue weighted by atomic mass is 10.1. The van der Waals surface area contributed by atoms with Crippen molar-refractivity contribution in [2.45, 2.75) is 32.8 Å². The molecule has 4 aromatic rings. The Hall–Kier alpha value is -4.79. The summed E-state index contributed by atoms with van der Waals surface area (Å²) >= 11 is 0. The molecule has 0 aliphatic carbocycles. The van der Waals surface area contributed by atoms with Crippen LogP contribution in [0.2, 0.25) is 0 Å². The Kier molecular flexibility index (Phi) is 8.29. The van der Waals surface area contributed by atoms with Crippen LogP contribution in [0.15, 0.2) is 79.1 Å². The van der Waals surface area contributed by atoms with E-state index in [0.717, 1.165) is 38.0 Å². The highest BCUT2D eigenvalue weighted by molar-refractivity contribution is 6.08.